The van der Waals surface area contributed by atoms with Gasteiger partial charge < -0.3 is 15.8 Å². The molecule has 1 aromatic carbocycles. The van der Waals surface area contributed by atoms with Crippen molar-refractivity contribution < 1.29 is 13.7 Å². The van der Waals surface area contributed by atoms with E-state index in [4.69, 9.17) is 10.5 Å². The van der Waals surface area contributed by atoms with Crippen LogP contribution in [0, 0.1) is 6.92 Å². The summed E-state index contributed by atoms with van der Waals surface area (Å²) in [5.41, 5.74) is 9.53. The largest absolute Gasteiger partial charge is 0.493 e. The van der Waals surface area contributed by atoms with Crippen molar-refractivity contribution in [3.8, 4) is 5.75 Å². The number of carbonyl (C=O) groups excluding carboxylic acids is 1. The average Bonchev–Trinajstić information content (AvgIpc) is 3.11. The number of pyridine rings is 2. The Morgan fingerprint density at radius 2 is 2.19 bits per heavy atom. The maximum Gasteiger partial charge on any atom is 0.252 e. The van der Waals surface area contributed by atoms with Gasteiger partial charge in [0, 0.05) is 35.5 Å². The van der Waals surface area contributed by atoms with E-state index in [1.807, 2.05) is 18.2 Å². The summed E-state index contributed by atoms with van der Waals surface area (Å²) in [5.74, 6) is 0.233. The third kappa shape index (κ3) is 3.02. The summed E-state index contributed by atoms with van der Waals surface area (Å²) in [6.45, 7) is 2.42. The third-order valence-electron chi connectivity index (χ3n) is 4.57. The van der Waals surface area contributed by atoms with E-state index < -0.39 is 16.7 Å². The number of rotatable bonds is 4. The van der Waals surface area contributed by atoms with Gasteiger partial charge in [-0.25, -0.2) is 4.98 Å². The van der Waals surface area contributed by atoms with E-state index in [1.54, 1.807) is 19.2 Å². The van der Waals surface area contributed by atoms with Crippen molar-refractivity contribution in [1.29, 1.82) is 0 Å². The first-order valence-corrected chi connectivity index (χ1v) is 9.97. The number of anilines is 2. The number of amides is 1. The van der Waals surface area contributed by atoms with Crippen LogP contribution in [0.4, 0.5) is 11.4 Å². The number of fused-ring (bicyclic) bond motifs is 2. The molecule has 2 aromatic heterocycles. The summed E-state index contributed by atoms with van der Waals surface area (Å²) in [4.78, 5) is 20.7. The van der Waals surface area contributed by atoms with Crippen molar-refractivity contribution in [1.82, 2.24) is 9.97 Å². The molecule has 3 aromatic rings. The molecule has 0 radical (unpaired) electrons. The summed E-state index contributed by atoms with van der Waals surface area (Å²) in [6, 6.07) is 7.43. The Morgan fingerprint density at radius 3 is 2.93 bits per heavy atom. The molecule has 0 aliphatic carbocycles. The lowest BCUT2D eigenvalue weighted by Crippen LogP contribution is -2.15. The third-order valence-corrected chi connectivity index (χ3v) is 5.37. The summed E-state index contributed by atoms with van der Waals surface area (Å²) in [5, 5.41) is 4.42. The van der Waals surface area contributed by atoms with Crippen molar-refractivity contribution in [3.63, 3.8) is 0 Å². The minimum absolute atomic E-state index is 0.262. The number of aryl methyl sites for hydroxylation is 1. The van der Waals surface area contributed by atoms with E-state index in [0.717, 1.165) is 23.4 Å². The highest BCUT2D eigenvalue weighted by atomic mass is 32.2. The molecule has 0 spiro atoms. The SMILES string of the molecule is Cc1nc(S(C)=O)cc2c(Nc3cccc4c3CCO4)c(C(N)=O)cnc12. The molecule has 138 valence electrons. The fourth-order valence-corrected chi connectivity index (χ4v) is 3.82. The maximum atomic E-state index is 12.0. The number of ether oxygens (including phenoxy) is 1. The Hall–Kier alpha value is -3.00. The molecule has 0 bridgehead atoms. The van der Waals surface area contributed by atoms with Gasteiger partial charge in [-0.05, 0) is 25.1 Å². The average molecular weight is 382 g/mol. The Bertz CT molecular complexity index is 1110. The first-order valence-electron chi connectivity index (χ1n) is 8.41. The van der Waals surface area contributed by atoms with Crippen LogP contribution < -0.4 is 15.8 Å². The normalized spacial score (nSPS) is 13.9. The van der Waals surface area contributed by atoms with Gasteiger partial charge in [-0.1, -0.05) is 6.07 Å². The van der Waals surface area contributed by atoms with Crippen molar-refractivity contribution >= 4 is 39.0 Å². The number of hydrogen-bond donors (Lipinski definition) is 2. The number of benzene rings is 1. The molecule has 1 aliphatic rings. The number of hydrogen-bond acceptors (Lipinski definition) is 6. The smallest absolute Gasteiger partial charge is 0.252 e. The Labute approximate surface area is 158 Å². The molecule has 0 fully saturated rings. The molecule has 0 saturated carbocycles. The van der Waals surface area contributed by atoms with Crippen molar-refractivity contribution in [2.75, 3.05) is 18.2 Å². The Morgan fingerprint density at radius 1 is 1.37 bits per heavy atom. The molecule has 4 rings (SSSR count). The molecule has 0 saturated heterocycles. The molecular formula is C19H18N4O3S. The highest BCUT2D eigenvalue weighted by molar-refractivity contribution is 7.84. The maximum absolute atomic E-state index is 12.0. The highest BCUT2D eigenvalue weighted by Gasteiger charge is 2.20. The number of nitrogens with one attached hydrogen (secondary N) is 1. The van der Waals surface area contributed by atoms with Crippen molar-refractivity contribution in [2.24, 2.45) is 5.73 Å². The van der Waals surface area contributed by atoms with E-state index in [0.29, 0.717) is 33.9 Å². The second-order valence-corrected chi connectivity index (χ2v) is 7.64. The minimum atomic E-state index is -1.27. The molecule has 1 atom stereocenters. The number of aromatic nitrogens is 2. The lowest BCUT2D eigenvalue weighted by molar-refractivity contribution is 0.100. The van der Waals surface area contributed by atoms with Crippen LogP contribution in [0.5, 0.6) is 5.75 Å². The molecule has 1 aliphatic heterocycles. The first-order chi connectivity index (χ1) is 13.0. The molecule has 27 heavy (non-hydrogen) atoms. The van der Waals surface area contributed by atoms with Crippen LogP contribution in [-0.2, 0) is 17.2 Å². The predicted molar refractivity (Wildman–Crippen MR) is 104 cm³/mol. The summed E-state index contributed by atoms with van der Waals surface area (Å²) >= 11 is 0. The molecule has 1 amide bonds. The number of primary amides is 1. The van der Waals surface area contributed by atoms with Crippen LogP contribution in [0.3, 0.4) is 0 Å². The predicted octanol–water partition coefficient (Wildman–Crippen LogP) is 2.45. The Balaban J connectivity index is 1.97. The van der Waals surface area contributed by atoms with Gasteiger partial charge >= 0.3 is 0 Å². The van der Waals surface area contributed by atoms with Gasteiger partial charge in [0.1, 0.15) is 10.8 Å². The van der Waals surface area contributed by atoms with Gasteiger partial charge in [0.2, 0.25) is 0 Å². The standard InChI is InChI=1S/C19H18N4O3S/c1-10-17-12(8-16(22-10)27(2)25)18(13(9-21-17)19(20)24)23-14-4-3-5-15-11(14)6-7-26-15/h3-5,8-9H,6-7H2,1-2H3,(H2,20,24)(H,21,23). The summed E-state index contributed by atoms with van der Waals surface area (Å²) < 4.78 is 17.6. The van der Waals surface area contributed by atoms with Crippen LogP contribution in [0.1, 0.15) is 21.6 Å². The van der Waals surface area contributed by atoms with Crippen LogP contribution in [0.2, 0.25) is 0 Å². The van der Waals surface area contributed by atoms with Crippen LogP contribution >= 0.6 is 0 Å². The molecule has 7 nitrogen and oxygen atoms in total. The van der Waals surface area contributed by atoms with Gasteiger partial charge in [-0.2, -0.15) is 0 Å². The van der Waals surface area contributed by atoms with E-state index in [2.05, 4.69) is 15.3 Å². The van der Waals surface area contributed by atoms with E-state index in [1.165, 1.54) is 6.20 Å². The number of nitrogens with zero attached hydrogens (tertiary/aromatic N) is 2. The van der Waals surface area contributed by atoms with E-state index in [-0.39, 0.29) is 5.56 Å². The minimum Gasteiger partial charge on any atom is -0.493 e. The van der Waals surface area contributed by atoms with Gasteiger partial charge in [-0.15, -0.1) is 0 Å². The second kappa shape index (κ2) is 6.62. The zero-order valence-electron chi connectivity index (χ0n) is 14.9. The monoisotopic (exact) mass is 382 g/mol. The zero-order valence-corrected chi connectivity index (χ0v) is 15.7. The molecular weight excluding hydrogens is 364 g/mol. The van der Waals surface area contributed by atoms with Crippen molar-refractivity contribution in [2.45, 2.75) is 18.4 Å². The Kier molecular flexibility index (Phi) is 4.27. The zero-order chi connectivity index (χ0) is 19.1. The van der Waals surface area contributed by atoms with Crippen LogP contribution in [0.25, 0.3) is 10.9 Å². The van der Waals surface area contributed by atoms with Gasteiger partial charge in [0.05, 0.1) is 39.9 Å². The fourth-order valence-electron chi connectivity index (χ4n) is 3.27. The van der Waals surface area contributed by atoms with E-state index in [9.17, 15) is 9.00 Å². The fraction of sp³-hybridized carbons (Fsp3) is 0.211. The lowest BCUT2D eigenvalue weighted by Gasteiger charge is -2.16. The van der Waals surface area contributed by atoms with Crippen LogP contribution in [0.15, 0.2) is 35.5 Å². The van der Waals surface area contributed by atoms with Gasteiger partial charge in [-0.3, -0.25) is 14.0 Å². The summed E-state index contributed by atoms with van der Waals surface area (Å²) in [7, 11) is -1.27. The second-order valence-electron chi connectivity index (χ2n) is 6.31. The van der Waals surface area contributed by atoms with Crippen LogP contribution in [-0.4, -0.2) is 32.9 Å². The number of nitrogens with two attached hydrogens (primary N) is 1. The highest BCUT2D eigenvalue weighted by Crippen LogP contribution is 2.36. The quantitative estimate of drug-likeness (QED) is 0.718. The van der Waals surface area contributed by atoms with Gasteiger partial charge in [0.15, 0.2) is 0 Å². The molecule has 3 N–H and O–H groups in total. The van der Waals surface area contributed by atoms with E-state index >= 15 is 0 Å². The van der Waals surface area contributed by atoms with Crippen molar-refractivity contribution in [3.05, 3.63) is 47.3 Å². The lowest BCUT2D eigenvalue weighted by atomic mass is 10.1. The topological polar surface area (TPSA) is 107 Å². The number of carbonyl (C=O) groups is 1. The molecule has 8 heteroatoms. The first kappa shape index (κ1) is 17.4. The summed E-state index contributed by atoms with van der Waals surface area (Å²) in [6.07, 6.45) is 3.79. The molecule has 3 heterocycles. The molecule has 1 unspecified atom stereocenters. The van der Waals surface area contributed by atoms with Gasteiger partial charge in [0.25, 0.3) is 5.91 Å².